The van der Waals surface area contributed by atoms with Crippen LogP contribution in [-0.4, -0.2) is 40.0 Å². The Balaban J connectivity index is 2.24. The molecule has 1 aromatic carbocycles. The molecule has 0 saturated carbocycles. The summed E-state index contributed by atoms with van der Waals surface area (Å²) in [6, 6.07) is 8.04. The van der Waals surface area contributed by atoms with Crippen LogP contribution in [0.4, 0.5) is 5.95 Å². The molecule has 0 saturated heterocycles. The monoisotopic (exact) mass is 330 g/mol. The molecule has 0 bridgehead atoms. The number of amides is 1. The smallest absolute Gasteiger partial charge is 0.227 e. The fraction of sp³-hybridized carbons (Fsp3) is 0.579. The van der Waals surface area contributed by atoms with Crippen LogP contribution in [0.2, 0.25) is 0 Å². The van der Waals surface area contributed by atoms with E-state index in [-0.39, 0.29) is 11.3 Å². The van der Waals surface area contributed by atoms with Crippen LogP contribution in [-0.2, 0) is 11.3 Å². The molecule has 0 aliphatic carbocycles. The van der Waals surface area contributed by atoms with Crippen LogP contribution in [0.3, 0.4) is 0 Å². The number of hydrogen-bond donors (Lipinski definition) is 1. The Labute approximate surface area is 145 Å². The first kappa shape index (κ1) is 18.5. The quantitative estimate of drug-likeness (QED) is 0.841. The fourth-order valence-electron chi connectivity index (χ4n) is 2.83. The largest absolute Gasteiger partial charge is 0.309 e. The molecule has 1 N–H and O–H groups in total. The molecule has 5 heteroatoms. The van der Waals surface area contributed by atoms with Crippen LogP contribution in [0.25, 0.3) is 11.0 Å². The average Bonchev–Trinajstić information content (AvgIpc) is 2.84. The van der Waals surface area contributed by atoms with Crippen molar-refractivity contribution < 1.29 is 4.79 Å². The van der Waals surface area contributed by atoms with Crippen molar-refractivity contribution >= 4 is 22.9 Å². The molecule has 132 valence electrons. The first-order chi connectivity index (χ1) is 11.3. The molecule has 0 aliphatic rings. The maximum Gasteiger partial charge on any atom is 0.227 e. The summed E-state index contributed by atoms with van der Waals surface area (Å²) in [4.78, 5) is 19.3. The molecular weight excluding hydrogens is 300 g/mol. The minimum absolute atomic E-state index is 0.0156. The number of likely N-dealkylation sites (N-methyl/N-ethyl adjacent to an activating group) is 1. The number of fused-ring (bicyclic) bond motifs is 1. The topological polar surface area (TPSA) is 50.2 Å². The third kappa shape index (κ3) is 4.81. The number of aromatic nitrogens is 2. The van der Waals surface area contributed by atoms with E-state index in [2.05, 4.69) is 60.5 Å². The van der Waals surface area contributed by atoms with Gasteiger partial charge in [0.1, 0.15) is 0 Å². The van der Waals surface area contributed by atoms with Gasteiger partial charge in [0.25, 0.3) is 0 Å². The first-order valence-electron chi connectivity index (χ1n) is 8.81. The Morgan fingerprint density at radius 2 is 1.88 bits per heavy atom. The predicted molar refractivity (Wildman–Crippen MR) is 100 cm³/mol. The number of nitrogens with one attached hydrogen (secondary N) is 1. The van der Waals surface area contributed by atoms with Crippen molar-refractivity contribution in [3.05, 3.63) is 24.3 Å². The minimum atomic E-state index is -0.0395. The van der Waals surface area contributed by atoms with Gasteiger partial charge in [-0.3, -0.25) is 10.1 Å². The lowest BCUT2D eigenvalue weighted by atomic mass is 9.92. The van der Waals surface area contributed by atoms with Gasteiger partial charge in [-0.2, -0.15) is 0 Å². The standard InChI is InChI=1S/C19H30N4O/c1-6-22(7-2)12-13-23-16-11-9-8-10-15(16)20-18(23)21-17(24)14-19(3,4)5/h8-11H,6-7,12-14H2,1-5H3,(H,20,21,24). The van der Waals surface area contributed by atoms with E-state index < -0.39 is 0 Å². The number of hydrogen-bond acceptors (Lipinski definition) is 3. The normalized spacial score (nSPS) is 12.1. The second-order valence-electron chi connectivity index (χ2n) is 7.39. The molecule has 2 rings (SSSR count). The zero-order valence-corrected chi connectivity index (χ0v) is 15.6. The number of imidazole rings is 1. The Morgan fingerprint density at radius 3 is 2.50 bits per heavy atom. The second-order valence-corrected chi connectivity index (χ2v) is 7.39. The SMILES string of the molecule is CCN(CC)CCn1c(NC(=O)CC(C)(C)C)nc2ccccc21. The molecule has 0 spiro atoms. The Hall–Kier alpha value is -1.88. The molecular formula is C19H30N4O. The molecule has 2 aromatic rings. The lowest BCUT2D eigenvalue weighted by molar-refractivity contribution is -0.117. The van der Waals surface area contributed by atoms with Crippen molar-refractivity contribution in [2.24, 2.45) is 5.41 Å². The van der Waals surface area contributed by atoms with Gasteiger partial charge in [0.05, 0.1) is 11.0 Å². The number of nitrogens with zero attached hydrogens (tertiary/aromatic N) is 3. The summed E-state index contributed by atoms with van der Waals surface area (Å²) in [7, 11) is 0. The minimum Gasteiger partial charge on any atom is -0.309 e. The van der Waals surface area contributed by atoms with Gasteiger partial charge in [-0.15, -0.1) is 0 Å². The lowest BCUT2D eigenvalue weighted by Gasteiger charge is -2.20. The van der Waals surface area contributed by atoms with Crippen molar-refractivity contribution in [3.8, 4) is 0 Å². The van der Waals surface area contributed by atoms with Crippen LogP contribution in [0.5, 0.6) is 0 Å². The van der Waals surface area contributed by atoms with E-state index in [1.165, 1.54) is 0 Å². The van der Waals surface area contributed by atoms with Crippen LogP contribution in [0.1, 0.15) is 41.0 Å². The molecule has 1 amide bonds. The zero-order chi connectivity index (χ0) is 17.7. The van der Waals surface area contributed by atoms with E-state index in [1.54, 1.807) is 0 Å². The van der Waals surface area contributed by atoms with E-state index in [0.717, 1.165) is 37.2 Å². The molecule has 1 heterocycles. The average molecular weight is 330 g/mol. The van der Waals surface area contributed by atoms with Crippen LogP contribution >= 0.6 is 0 Å². The Kier molecular flexibility index (Phi) is 5.99. The summed E-state index contributed by atoms with van der Waals surface area (Å²) >= 11 is 0. The van der Waals surface area contributed by atoms with E-state index in [1.807, 2.05) is 18.2 Å². The highest BCUT2D eigenvalue weighted by Crippen LogP contribution is 2.22. The van der Waals surface area contributed by atoms with Gasteiger partial charge in [-0.05, 0) is 30.6 Å². The third-order valence-electron chi connectivity index (χ3n) is 4.13. The van der Waals surface area contributed by atoms with Crippen LogP contribution in [0.15, 0.2) is 24.3 Å². The number of benzene rings is 1. The van der Waals surface area contributed by atoms with Crippen molar-refractivity contribution in [2.75, 3.05) is 25.0 Å². The van der Waals surface area contributed by atoms with Gasteiger partial charge in [0.2, 0.25) is 11.9 Å². The lowest BCUT2D eigenvalue weighted by Crippen LogP contribution is -2.28. The van der Waals surface area contributed by atoms with Gasteiger partial charge < -0.3 is 9.47 Å². The Morgan fingerprint density at radius 1 is 1.21 bits per heavy atom. The maximum absolute atomic E-state index is 12.3. The molecule has 0 radical (unpaired) electrons. The van der Waals surface area contributed by atoms with E-state index in [0.29, 0.717) is 12.4 Å². The molecule has 0 fully saturated rings. The van der Waals surface area contributed by atoms with Crippen LogP contribution < -0.4 is 5.32 Å². The molecule has 5 nitrogen and oxygen atoms in total. The number of anilines is 1. The molecule has 0 unspecified atom stereocenters. The van der Waals surface area contributed by atoms with Crippen molar-refractivity contribution in [2.45, 2.75) is 47.6 Å². The first-order valence-corrected chi connectivity index (χ1v) is 8.81. The van der Waals surface area contributed by atoms with Gasteiger partial charge in [0, 0.05) is 19.5 Å². The molecule has 0 atom stereocenters. The number of para-hydroxylation sites is 2. The van der Waals surface area contributed by atoms with Crippen LogP contribution in [0, 0.1) is 5.41 Å². The summed E-state index contributed by atoms with van der Waals surface area (Å²) in [6.07, 6.45) is 0.478. The van der Waals surface area contributed by atoms with Gasteiger partial charge >= 0.3 is 0 Å². The summed E-state index contributed by atoms with van der Waals surface area (Å²) < 4.78 is 2.12. The van der Waals surface area contributed by atoms with Crippen molar-refractivity contribution in [1.82, 2.24) is 14.5 Å². The van der Waals surface area contributed by atoms with E-state index >= 15 is 0 Å². The Bertz CT molecular complexity index is 680. The zero-order valence-electron chi connectivity index (χ0n) is 15.6. The van der Waals surface area contributed by atoms with Gasteiger partial charge in [-0.25, -0.2) is 4.98 Å². The van der Waals surface area contributed by atoms with Gasteiger partial charge in [-0.1, -0.05) is 46.8 Å². The summed E-state index contributed by atoms with van der Waals surface area (Å²) in [5.74, 6) is 0.666. The summed E-state index contributed by atoms with van der Waals surface area (Å²) in [5, 5.41) is 3.01. The highest BCUT2D eigenvalue weighted by Gasteiger charge is 2.19. The highest BCUT2D eigenvalue weighted by molar-refractivity contribution is 5.91. The molecule has 24 heavy (non-hydrogen) atoms. The second kappa shape index (κ2) is 7.79. The highest BCUT2D eigenvalue weighted by atomic mass is 16.1. The number of carbonyl (C=O) groups is 1. The third-order valence-corrected chi connectivity index (χ3v) is 4.13. The number of rotatable bonds is 7. The maximum atomic E-state index is 12.3. The van der Waals surface area contributed by atoms with E-state index in [4.69, 9.17) is 0 Å². The summed E-state index contributed by atoms with van der Waals surface area (Å²) in [6.45, 7) is 14.3. The molecule has 0 aliphatic heterocycles. The molecule has 1 aromatic heterocycles. The predicted octanol–water partition coefficient (Wildman–Crippen LogP) is 3.75. The van der Waals surface area contributed by atoms with Crippen molar-refractivity contribution in [1.29, 1.82) is 0 Å². The summed E-state index contributed by atoms with van der Waals surface area (Å²) in [5.41, 5.74) is 1.95. The van der Waals surface area contributed by atoms with Crippen molar-refractivity contribution in [3.63, 3.8) is 0 Å². The fourth-order valence-corrected chi connectivity index (χ4v) is 2.83. The van der Waals surface area contributed by atoms with E-state index in [9.17, 15) is 4.79 Å². The number of carbonyl (C=O) groups excluding carboxylic acids is 1. The van der Waals surface area contributed by atoms with Gasteiger partial charge in [0.15, 0.2) is 0 Å².